The van der Waals surface area contributed by atoms with Gasteiger partial charge in [0.1, 0.15) is 5.76 Å². The van der Waals surface area contributed by atoms with Crippen LogP contribution in [0.5, 0.6) is 0 Å². The van der Waals surface area contributed by atoms with E-state index in [9.17, 15) is 9.59 Å². The van der Waals surface area contributed by atoms with Crippen LogP contribution in [0.1, 0.15) is 47.0 Å². The number of hydrogen-bond donors (Lipinski definition) is 0. The topological polar surface area (TPSA) is 68.2 Å². The molecular weight excluding hydrogens is 428 g/mol. The molecule has 34 heavy (non-hydrogen) atoms. The monoisotopic (exact) mass is 464 g/mol. The molecular formula is C28H36N2O4. The Morgan fingerprint density at radius 3 is 2.71 bits per heavy atom. The van der Waals surface area contributed by atoms with Crippen molar-refractivity contribution in [1.29, 1.82) is 0 Å². The number of esters is 1. The molecule has 2 heterocycles. The second-order valence-corrected chi connectivity index (χ2v) is 9.60. The molecule has 182 valence electrons. The summed E-state index contributed by atoms with van der Waals surface area (Å²) in [6.07, 6.45) is 14.4. The summed E-state index contributed by atoms with van der Waals surface area (Å²) in [5.74, 6) is 0.593. The summed E-state index contributed by atoms with van der Waals surface area (Å²) in [7, 11) is 0. The number of allylic oxidation sites excluding steroid dienone is 6. The quantitative estimate of drug-likeness (QED) is 0.517. The molecule has 4 rings (SSSR count). The molecule has 4 aliphatic rings. The number of fused-ring (bicyclic) bond motifs is 1. The number of ketones is 1. The predicted octanol–water partition coefficient (Wildman–Crippen LogP) is 4.56. The number of carbonyl (C=O) groups is 2. The van der Waals surface area contributed by atoms with Crippen molar-refractivity contribution in [2.24, 2.45) is 22.7 Å². The van der Waals surface area contributed by atoms with E-state index in [0.29, 0.717) is 25.3 Å². The van der Waals surface area contributed by atoms with Crippen LogP contribution in [0, 0.1) is 17.8 Å². The van der Waals surface area contributed by atoms with Crippen molar-refractivity contribution in [3.05, 3.63) is 59.1 Å². The van der Waals surface area contributed by atoms with E-state index < -0.39 is 0 Å². The molecule has 2 aliphatic carbocycles. The average Bonchev–Trinajstić information content (AvgIpc) is 2.83. The van der Waals surface area contributed by atoms with E-state index in [1.807, 2.05) is 32.1 Å². The van der Waals surface area contributed by atoms with Crippen molar-refractivity contribution in [2.45, 2.75) is 53.0 Å². The van der Waals surface area contributed by atoms with Crippen LogP contribution in [0.15, 0.2) is 64.1 Å². The minimum absolute atomic E-state index is 0.0585. The van der Waals surface area contributed by atoms with Crippen LogP contribution < -0.4 is 0 Å². The maximum atomic E-state index is 13.9. The van der Waals surface area contributed by atoms with E-state index in [1.54, 1.807) is 6.20 Å². The summed E-state index contributed by atoms with van der Waals surface area (Å²) in [5.41, 5.74) is 3.74. The number of hydrogen-bond acceptors (Lipinski definition) is 6. The zero-order chi connectivity index (χ0) is 24.2. The van der Waals surface area contributed by atoms with Crippen LogP contribution in [-0.2, 0) is 19.1 Å². The minimum Gasteiger partial charge on any atom is -0.494 e. The molecule has 0 aromatic carbocycles. The summed E-state index contributed by atoms with van der Waals surface area (Å²) in [5, 5.41) is 0. The third-order valence-electron chi connectivity index (χ3n) is 7.12. The van der Waals surface area contributed by atoms with Crippen molar-refractivity contribution in [2.75, 3.05) is 26.3 Å². The zero-order valence-electron chi connectivity index (χ0n) is 20.8. The second kappa shape index (κ2) is 10.7. The first kappa shape index (κ1) is 24.4. The number of carbonyl (C=O) groups excluding carboxylic acids is 2. The van der Waals surface area contributed by atoms with Crippen molar-refractivity contribution in [3.8, 4) is 0 Å². The lowest BCUT2D eigenvalue weighted by atomic mass is 9.77. The molecule has 1 fully saturated rings. The molecule has 6 nitrogen and oxygen atoms in total. The number of ether oxygens (including phenoxy) is 2. The average molecular weight is 465 g/mol. The normalized spacial score (nSPS) is 29.1. The van der Waals surface area contributed by atoms with Crippen molar-refractivity contribution in [3.63, 3.8) is 0 Å². The van der Waals surface area contributed by atoms with E-state index in [0.717, 1.165) is 42.9 Å². The van der Waals surface area contributed by atoms with Gasteiger partial charge in [0.25, 0.3) is 0 Å². The number of aliphatic imine (C=N–C) groups is 1. The smallest absolute Gasteiger partial charge is 0.310 e. The van der Waals surface area contributed by atoms with Crippen molar-refractivity contribution < 1.29 is 19.1 Å². The van der Waals surface area contributed by atoms with Gasteiger partial charge in [0.2, 0.25) is 0 Å². The molecule has 1 saturated heterocycles. The van der Waals surface area contributed by atoms with Crippen LogP contribution in [-0.4, -0.2) is 54.7 Å². The van der Waals surface area contributed by atoms with Gasteiger partial charge in [-0.3, -0.25) is 19.5 Å². The van der Waals surface area contributed by atoms with Crippen LogP contribution in [0.3, 0.4) is 0 Å². The lowest BCUT2D eigenvalue weighted by Gasteiger charge is -2.43. The van der Waals surface area contributed by atoms with Gasteiger partial charge in [-0.15, -0.1) is 0 Å². The highest BCUT2D eigenvalue weighted by molar-refractivity contribution is 6.12. The first-order valence-corrected chi connectivity index (χ1v) is 12.6. The van der Waals surface area contributed by atoms with Gasteiger partial charge in [-0.2, -0.15) is 0 Å². The molecule has 0 aromatic heterocycles. The van der Waals surface area contributed by atoms with Crippen LogP contribution >= 0.6 is 0 Å². The molecule has 6 heteroatoms. The lowest BCUT2D eigenvalue weighted by molar-refractivity contribution is -0.150. The van der Waals surface area contributed by atoms with Gasteiger partial charge in [0.15, 0.2) is 5.78 Å². The number of likely N-dealkylation sites (tertiary alicyclic amines) is 1. The second-order valence-electron chi connectivity index (χ2n) is 9.60. The molecule has 0 saturated carbocycles. The fourth-order valence-corrected chi connectivity index (χ4v) is 5.51. The Labute approximate surface area is 202 Å². The Hall–Kier alpha value is -2.73. The number of piperidine rings is 1. The van der Waals surface area contributed by atoms with Gasteiger partial charge in [0.05, 0.1) is 25.2 Å². The number of rotatable bonds is 7. The fraction of sp³-hybridized carbons (Fsp3) is 0.536. The Kier molecular flexibility index (Phi) is 7.67. The molecule has 0 spiro atoms. The highest BCUT2D eigenvalue weighted by atomic mass is 16.5. The van der Waals surface area contributed by atoms with Crippen LogP contribution in [0.2, 0.25) is 0 Å². The third-order valence-corrected chi connectivity index (χ3v) is 7.12. The van der Waals surface area contributed by atoms with E-state index in [4.69, 9.17) is 14.5 Å². The van der Waals surface area contributed by atoms with Gasteiger partial charge in [-0.25, -0.2) is 0 Å². The highest BCUT2D eigenvalue weighted by Crippen LogP contribution is 2.37. The maximum absolute atomic E-state index is 13.9. The Bertz CT molecular complexity index is 1010. The third kappa shape index (κ3) is 5.02. The Morgan fingerprint density at radius 1 is 1.15 bits per heavy atom. The summed E-state index contributed by atoms with van der Waals surface area (Å²) in [6, 6.07) is -0.197. The molecule has 0 amide bonds. The molecule has 4 unspecified atom stereocenters. The largest absolute Gasteiger partial charge is 0.494 e. The maximum Gasteiger partial charge on any atom is 0.310 e. The van der Waals surface area contributed by atoms with Gasteiger partial charge in [-0.1, -0.05) is 24.6 Å². The SMILES string of the molecule is CCOC(=O)C1CCCN(C2C(C(=O)C3=CC=C(C)CC3C)=CN=C3C=CC(OCC)=CC32)C1. The van der Waals surface area contributed by atoms with Gasteiger partial charge < -0.3 is 9.47 Å². The summed E-state index contributed by atoms with van der Waals surface area (Å²) in [6.45, 7) is 10.4. The van der Waals surface area contributed by atoms with E-state index >= 15 is 0 Å². The zero-order valence-corrected chi connectivity index (χ0v) is 20.8. The number of Topliss-reactive ketones (excluding diaryl/α,β-unsaturated/α-hetero) is 1. The molecule has 0 radical (unpaired) electrons. The molecule has 2 aliphatic heterocycles. The number of nitrogens with zero attached hydrogens (tertiary/aromatic N) is 2. The Balaban J connectivity index is 1.70. The highest BCUT2D eigenvalue weighted by Gasteiger charge is 2.42. The first-order valence-electron chi connectivity index (χ1n) is 12.6. The summed E-state index contributed by atoms with van der Waals surface area (Å²) in [4.78, 5) is 33.5. The van der Waals surface area contributed by atoms with E-state index in [2.05, 4.69) is 30.9 Å². The Morgan fingerprint density at radius 2 is 1.97 bits per heavy atom. The van der Waals surface area contributed by atoms with Crippen LogP contribution in [0.4, 0.5) is 0 Å². The molecule has 0 N–H and O–H groups in total. The van der Waals surface area contributed by atoms with E-state index in [1.165, 1.54) is 5.57 Å². The predicted molar refractivity (Wildman–Crippen MR) is 133 cm³/mol. The van der Waals surface area contributed by atoms with Crippen molar-refractivity contribution in [1.82, 2.24) is 4.90 Å². The lowest BCUT2D eigenvalue weighted by Crippen LogP contribution is -2.52. The van der Waals surface area contributed by atoms with Gasteiger partial charge in [-0.05, 0) is 70.7 Å². The molecule has 4 atom stereocenters. The summed E-state index contributed by atoms with van der Waals surface area (Å²) >= 11 is 0. The molecule has 0 bridgehead atoms. The minimum atomic E-state index is -0.197. The summed E-state index contributed by atoms with van der Waals surface area (Å²) < 4.78 is 11.1. The first-order chi connectivity index (χ1) is 16.4. The fourth-order valence-electron chi connectivity index (χ4n) is 5.51. The molecule has 0 aromatic rings. The van der Waals surface area contributed by atoms with Crippen LogP contribution in [0.25, 0.3) is 0 Å². The standard InChI is InChI=1S/C28H36N2O4/c1-5-33-21-10-12-25-23(15-21)26(30-13-7-8-20(17-30)28(32)34-6-2)24(16-29-25)27(31)22-11-9-18(3)14-19(22)4/h9-12,15-16,19-20,23,26H,5-8,13-14,17H2,1-4H3. The van der Waals surface area contributed by atoms with Crippen molar-refractivity contribution >= 4 is 17.5 Å². The van der Waals surface area contributed by atoms with Gasteiger partial charge >= 0.3 is 5.97 Å². The van der Waals surface area contributed by atoms with Gasteiger partial charge in [0, 0.05) is 35.5 Å². The van der Waals surface area contributed by atoms with E-state index in [-0.39, 0.29) is 35.5 Å².